The normalized spacial score (nSPS) is 14.0. The number of halogens is 3. The van der Waals surface area contributed by atoms with E-state index >= 15 is 0 Å². The van der Waals surface area contributed by atoms with E-state index in [1.807, 2.05) is 13.8 Å². The quantitative estimate of drug-likeness (QED) is 0.383. The van der Waals surface area contributed by atoms with Crippen LogP contribution in [0.25, 0.3) is 5.57 Å². The SMILES string of the molecule is C=C(/C=C\C=C(/C)c1nncn1C(C)CO)NC(=O)c1cc2c(cc1OC)CCN(C(=O)OCC(F)(F)F)C2.CCC. The first-order chi connectivity index (χ1) is 19.8. The lowest BCUT2D eigenvalue weighted by molar-refractivity contribution is -0.162. The molecule has 1 atom stereocenters. The lowest BCUT2D eigenvalue weighted by atomic mass is 9.96. The molecule has 0 aliphatic carbocycles. The fourth-order valence-electron chi connectivity index (χ4n) is 3.90. The summed E-state index contributed by atoms with van der Waals surface area (Å²) >= 11 is 0. The number of allylic oxidation sites excluding steroid dienone is 4. The fourth-order valence-corrected chi connectivity index (χ4v) is 3.90. The molecule has 10 nitrogen and oxygen atoms in total. The van der Waals surface area contributed by atoms with Crippen molar-refractivity contribution in [3.8, 4) is 5.75 Å². The van der Waals surface area contributed by atoms with Gasteiger partial charge in [-0.3, -0.25) is 4.79 Å². The summed E-state index contributed by atoms with van der Waals surface area (Å²) in [6.45, 7) is 10.2. The molecule has 0 saturated heterocycles. The van der Waals surface area contributed by atoms with Crippen LogP contribution >= 0.6 is 0 Å². The molecule has 1 unspecified atom stereocenters. The summed E-state index contributed by atoms with van der Waals surface area (Å²) in [5.74, 6) is 0.383. The molecule has 0 saturated carbocycles. The topological polar surface area (TPSA) is 119 Å². The largest absolute Gasteiger partial charge is 0.496 e. The Balaban J connectivity index is 0.00000197. The molecule has 2 amide bonds. The number of methoxy groups -OCH3 is 1. The molecule has 2 aromatic rings. The third kappa shape index (κ3) is 9.75. The summed E-state index contributed by atoms with van der Waals surface area (Å²) in [7, 11) is 1.42. The van der Waals surface area contributed by atoms with E-state index in [-0.39, 0.29) is 37.0 Å². The average molecular weight is 594 g/mol. The molecule has 1 aliphatic rings. The highest BCUT2D eigenvalue weighted by Gasteiger charge is 2.32. The third-order valence-corrected chi connectivity index (χ3v) is 5.98. The zero-order chi connectivity index (χ0) is 31.4. The summed E-state index contributed by atoms with van der Waals surface area (Å²) in [4.78, 5) is 26.3. The number of aliphatic hydroxyl groups excluding tert-OH is 1. The second-order valence-electron chi connectivity index (χ2n) is 9.65. The Bertz CT molecular complexity index is 1300. The van der Waals surface area contributed by atoms with Gasteiger partial charge in [0, 0.05) is 18.8 Å². The minimum atomic E-state index is -4.62. The van der Waals surface area contributed by atoms with E-state index < -0.39 is 24.8 Å². The molecule has 0 radical (unpaired) electrons. The van der Waals surface area contributed by atoms with Gasteiger partial charge in [-0.1, -0.05) is 39.0 Å². The predicted octanol–water partition coefficient (Wildman–Crippen LogP) is 5.22. The van der Waals surface area contributed by atoms with Crippen LogP contribution in [0.1, 0.15) is 67.5 Å². The molecule has 1 aromatic heterocycles. The summed E-state index contributed by atoms with van der Waals surface area (Å²) in [5.41, 5.74) is 2.64. The molecule has 0 fully saturated rings. The maximum absolute atomic E-state index is 13.0. The number of carbonyl (C=O) groups excluding carboxylic acids is 2. The van der Waals surface area contributed by atoms with Gasteiger partial charge in [0.15, 0.2) is 12.4 Å². The standard InChI is InChI=1S/C26H30F3N5O5.C3H8/c1-16(23-32-30-15-34(23)18(3)13-35)6-5-7-17(2)31-24(36)21-10-20-12-33(25(37)39-14-26(27,28)29)9-8-19(20)11-22(21)38-4;1-3-2/h5-7,10-11,15,18,35H,2,8-9,12-14H2,1,3-4H3,(H,31,36);3H2,1-2H3/b7-5-,16-6+;. The summed E-state index contributed by atoms with van der Waals surface area (Å²) in [6, 6.07) is 3.03. The Kier molecular flexibility index (Phi) is 12.8. The Labute approximate surface area is 243 Å². The van der Waals surface area contributed by atoms with Crippen LogP contribution in [0.5, 0.6) is 5.75 Å². The van der Waals surface area contributed by atoms with Crippen LogP contribution < -0.4 is 10.1 Å². The van der Waals surface area contributed by atoms with E-state index in [9.17, 15) is 27.9 Å². The van der Waals surface area contributed by atoms with Crippen molar-refractivity contribution >= 4 is 17.6 Å². The number of hydrogen-bond donors (Lipinski definition) is 2. The second-order valence-corrected chi connectivity index (χ2v) is 9.65. The minimum Gasteiger partial charge on any atom is -0.496 e. The van der Waals surface area contributed by atoms with Crippen LogP contribution in [0, 0.1) is 0 Å². The lowest BCUT2D eigenvalue weighted by Gasteiger charge is -2.29. The van der Waals surface area contributed by atoms with Gasteiger partial charge in [0.2, 0.25) is 0 Å². The highest BCUT2D eigenvalue weighted by Crippen LogP contribution is 2.29. The van der Waals surface area contributed by atoms with E-state index in [1.54, 1.807) is 34.9 Å². The summed E-state index contributed by atoms with van der Waals surface area (Å²) in [5, 5.41) is 20.0. The highest BCUT2D eigenvalue weighted by atomic mass is 19.4. The van der Waals surface area contributed by atoms with Crippen LogP contribution in [-0.2, 0) is 17.7 Å². The zero-order valence-corrected chi connectivity index (χ0v) is 24.5. The number of amides is 2. The van der Waals surface area contributed by atoms with Gasteiger partial charge >= 0.3 is 12.3 Å². The number of nitrogens with one attached hydrogen (secondary N) is 1. The van der Waals surface area contributed by atoms with E-state index in [4.69, 9.17) is 4.74 Å². The van der Waals surface area contributed by atoms with Crippen LogP contribution in [0.15, 0.2) is 49.0 Å². The molecule has 1 aromatic carbocycles. The predicted molar refractivity (Wildman–Crippen MR) is 152 cm³/mol. The van der Waals surface area contributed by atoms with Crippen molar-refractivity contribution in [2.24, 2.45) is 0 Å². The monoisotopic (exact) mass is 593 g/mol. The van der Waals surface area contributed by atoms with Crippen molar-refractivity contribution in [3.63, 3.8) is 0 Å². The molecule has 0 spiro atoms. The average Bonchev–Trinajstić information content (AvgIpc) is 3.44. The van der Waals surface area contributed by atoms with Crippen molar-refractivity contribution in [2.75, 3.05) is 26.9 Å². The van der Waals surface area contributed by atoms with Gasteiger partial charge in [0.1, 0.15) is 12.1 Å². The first-order valence-corrected chi connectivity index (χ1v) is 13.4. The van der Waals surface area contributed by atoms with Gasteiger partial charge < -0.3 is 29.4 Å². The number of rotatable bonds is 9. The third-order valence-electron chi connectivity index (χ3n) is 5.98. The highest BCUT2D eigenvalue weighted by molar-refractivity contribution is 5.98. The molecule has 0 bridgehead atoms. The van der Waals surface area contributed by atoms with Gasteiger partial charge in [-0.25, -0.2) is 4.79 Å². The van der Waals surface area contributed by atoms with Crippen molar-refractivity contribution in [1.82, 2.24) is 25.0 Å². The molecule has 1 aliphatic heterocycles. The molecular formula is C29H38F3N5O5. The van der Waals surface area contributed by atoms with Crippen molar-refractivity contribution in [3.05, 3.63) is 71.5 Å². The maximum Gasteiger partial charge on any atom is 0.422 e. The van der Waals surface area contributed by atoms with E-state index in [0.29, 0.717) is 23.6 Å². The molecule has 2 N–H and O–H groups in total. The number of ether oxygens (including phenoxy) is 2. The molecular weight excluding hydrogens is 555 g/mol. The number of carbonyl (C=O) groups is 2. The Hall–Kier alpha value is -4.13. The van der Waals surface area contributed by atoms with Gasteiger partial charge in [0.25, 0.3) is 5.91 Å². The van der Waals surface area contributed by atoms with Crippen molar-refractivity contribution in [1.29, 1.82) is 0 Å². The molecule has 3 rings (SSSR count). The number of fused-ring (bicyclic) bond motifs is 1. The summed E-state index contributed by atoms with van der Waals surface area (Å²) < 4.78 is 48.7. The first kappa shape index (κ1) is 34.1. The van der Waals surface area contributed by atoms with Gasteiger partial charge in [-0.2, -0.15) is 13.2 Å². The number of hydrogen-bond acceptors (Lipinski definition) is 7. The summed E-state index contributed by atoms with van der Waals surface area (Å²) in [6.07, 6.45) is 2.47. The molecule has 2 heterocycles. The van der Waals surface area contributed by atoms with Crippen molar-refractivity contribution in [2.45, 2.75) is 59.3 Å². The number of aliphatic hydroxyl groups is 1. The van der Waals surface area contributed by atoms with E-state index in [0.717, 1.165) is 16.0 Å². The maximum atomic E-state index is 13.0. The number of nitrogens with zero attached hydrogens (tertiary/aromatic N) is 4. The Morgan fingerprint density at radius 1 is 1.26 bits per heavy atom. The molecule has 42 heavy (non-hydrogen) atoms. The van der Waals surface area contributed by atoms with Crippen molar-refractivity contribution < 1.29 is 37.3 Å². The van der Waals surface area contributed by atoms with Crippen LogP contribution in [-0.4, -0.2) is 69.8 Å². The van der Waals surface area contributed by atoms with Gasteiger partial charge in [-0.05, 0) is 55.2 Å². The molecule has 13 heteroatoms. The second kappa shape index (κ2) is 15.8. The zero-order valence-electron chi connectivity index (χ0n) is 24.5. The van der Waals surface area contributed by atoms with E-state index in [1.165, 1.54) is 19.9 Å². The molecule has 230 valence electrons. The Morgan fingerprint density at radius 3 is 2.57 bits per heavy atom. The number of aromatic nitrogens is 3. The fraction of sp³-hybridized carbons (Fsp3) is 0.448. The first-order valence-electron chi connectivity index (χ1n) is 13.4. The van der Waals surface area contributed by atoms with Crippen LogP contribution in [0.4, 0.5) is 18.0 Å². The number of alkyl halides is 3. The van der Waals surface area contributed by atoms with Crippen LogP contribution in [0.3, 0.4) is 0 Å². The minimum absolute atomic E-state index is 0.0132. The number of benzene rings is 1. The van der Waals surface area contributed by atoms with E-state index in [2.05, 4.69) is 40.7 Å². The Morgan fingerprint density at radius 2 is 1.95 bits per heavy atom. The van der Waals surface area contributed by atoms with Gasteiger partial charge in [-0.15, -0.1) is 10.2 Å². The smallest absolute Gasteiger partial charge is 0.422 e. The van der Waals surface area contributed by atoms with Crippen LogP contribution in [0.2, 0.25) is 0 Å². The lowest BCUT2D eigenvalue weighted by Crippen LogP contribution is -2.38. The van der Waals surface area contributed by atoms with Gasteiger partial charge in [0.05, 0.1) is 25.3 Å².